The molecule has 2 saturated heterocycles. The number of likely N-dealkylation sites (N-methyl/N-ethyl adjacent to an activating group) is 1. The van der Waals surface area contributed by atoms with Gasteiger partial charge in [-0.25, -0.2) is 0 Å². The van der Waals surface area contributed by atoms with Gasteiger partial charge in [-0.15, -0.1) is 0 Å². The maximum absolute atomic E-state index is 16.3. The van der Waals surface area contributed by atoms with E-state index in [0.29, 0.717) is 15.8 Å². The number of carbonyl (C=O) groups is 8. The third-order valence-electron chi connectivity index (χ3n) is 20.9. The van der Waals surface area contributed by atoms with Crippen LogP contribution >= 0.6 is 46.4 Å². The number of aromatic hydroxyl groups is 3. The van der Waals surface area contributed by atoms with Crippen LogP contribution in [0, 0.1) is 5.92 Å². The molecule has 7 aliphatic heterocycles. The number of fused-ring (bicyclic) bond motifs is 15. The second-order valence-corrected chi connectivity index (χ2v) is 31.6. The number of nitrogens with two attached hydrogens (primary N) is 2. The fourth-order valence-electron chi connectivity index (χ4n) is 14.6. The summed E-state index contributed by atoms with van der Waals surface area (Å²) in [6.07, 6.45) is -18.7. The molecule has 14 rings (SSSR count). The molecule has 18 atom stereocenters. The summed E-state index contributed by atoms with van der Waals surface area (Å²) < 4.78 is 45.7. The topological polar surface area (TPSA) is 572 Å². The van der Waals surface area contributed by atoms with Crippen molar-refractivity contribution >= 4 is 93.7 Å². The van der Waals surface area contributed by atoms with Crippen LogP contribution in [-0.4, -0.2) is 194 Å². The molecule has 0 aliphatic carbocycles. The second kappa shape index (κ2) is 39.4. The van der Waals surface area contributed by atoms with E-state index in [0.717, 1.165) is 71.8 Å². The molecular weight excluding hydrogens is 1680 g/mol. The predicted molar refractivity (Wildman–Crippen MR) is 436 cm³/mol. The molecule has 11 bridgehead atoms. The van der Waals surface area contributed by atoms with Crippen molar-refractivity contribution in [1.82, 2.24) is 47.9 Å². The van der Waals surface area contributed by atoms with Gasteiger partial charge in [-0.1, -0.05) is 102 Å². The number of hydrogen-bond acceptors (Lipinski definition) is 27. The van der Waals surface area contributed by atoms with Crippen molar-refractivity contribution in [2.45, 2.75) is 163 Å². The molecule has 0 aromatic heterocycles. The minimum Gasteiger partial charge on any atom is -0.508 e. The number of carbonyl (C=O) groups excluding carboxylic acids is 8. The van der Waals surface area contributed by atoms with Crippen LogP contribution in [0.25, 0.3) is 21.6 Å². The Morgan fingerprint density at radius 2 is 1.32 bits per heavy atom. The average Bonchev–Trinajstić information content (AvgIpc) is 0.769. The Bertz CT molecular complexity index is 5170. The molecule has 41 heteroatoms. The highest BCUT2D eigenvalue weighted by atomic mass is 35.5. The number of nitrogens with zero attached hydrogens (tertiary/aromatic N) is 3. The number of hydrogen-bond donors (Lipinski definition) is 19. The molecule has 0 spiro atoms. The highest BCUT2D eigenvalue weighted by Crippen LogP contribution is 2.50. The fourth-order valence-corrected chi connectivity index (χ4v) is 15.3. The zero-order chi connectivity index (χ0) is 87.8. The van der Waals surface area contributed by atoms with Crippen LogP contribution in [0.3, 0.4) is 0 Å². The first kappa shape index (κ1) is 90.2. The number of phenols is 3. The third-order valence-corrected chi connectivity index (χ3v) is 22.2. The van der Waals surface area contributed by atoms with Gasteiger partial charge in [0.05, 0.1) is 57.4 Å². The van der Waals surface area contributed by atoms with Crippen molar-refractivity contribution in [3.8, 4) is 62.9 Å². The number of aliphatic hydroxyl groups is 5. The van der Waals surface area contributed by atoms with Gasteiger partial charge < -0.3 is 133 Å². The number of phenolic OH excluding ortho intramolecular Hbond substituents is 3. The first-order valence-corrected chi connectivity index (χ1v) is 39.9. The molecule has 7 aromatic carbocycles. The minimum absolute atomic E-state index is 0.113. The lowest BCUT2D eigenvalue weighted by Crippen LogP contribution is -2.62. The Morgan fingerprint density at radius 3 is 1.96 bits per heavy atom. The Morgan fingerprint density at radius 1 is 0.672 bits per heavy atom. The van der Waals surface area contributed by atoms with Gasteiger partial charge >= 0.3 is 0 Å². The van der Waals surface area contributed by atoms with Crippen molar-refractivity contribution in [2.75, 3.05) is 26.7 Å². The van der Waals surface area contributed by atoms with E-state index in [-0.39, 0.29) is 78.0 Å². The lowest BCUT2D eigenvalue weighted by atomic mass is 9.89. The molecule has 21 N–H and O–H groups in total. The zero-order valence-electron chi connectivity index (χ0n) is 65.4. The van der Waals surface area contributed by atoms with E-state index in [2.05, 4.69) is 57.9 Å². The average molecular weight is 1770 g/mol. The first-order chi connectivity index (χ1) is 58.2. The lowest BCUT2D eigenvalue weighted by Gasteiger charge is -2.45. The van der Waals surface area contributed by atoms with Crippen molar-refractivity contribution < 1.29 is 112 Å². The van der Waals surface area contributed by atoms with Gasteiger partial charge in [-0.05, 0) is 150 Å². The normalized spacial score (nSPS) is 25.6. The van der Waals surface area contributed by atoms with Gasteiger partial charge in [0.1, 0.15) is 102 Å². The molecule has 10 unspecified atom stereocenters. The van der Waals surface area contributed by atoms with Crippen LogP contribution in [-0.2, 0) is 65.7 Å². The van der Waals surface area contributed by atoms with E-state index in [4.69, 9.17) is 91.0 Å². The number of amides is 8. The molecule has 7 aliphatic rings. The summed E-state index contributed by atoms with van der Waals surface area (Å²) in [5.74, 6) is -14.4. The maximum atomic E-state index is 16.3. The summed E-state index contributed by atoms with van der Waals surface area (Å²) >= 11 is 26.7. The summed E-state index contributed by atoms with van der Waals surface area (Å²) in [6.45, 7) is 4.50. The maximum Gasteiger partial charge on any atom is 0.248 e. The zero-order valence-corrected chi connectivity index (χ0v) is 68.4. The quantitative estimate of drug-likeness (QED) is 0.0247. The summed E-state index contributed by atoms with van der Waals surface area (Å²) in [5, 5.41) is 123. The fraction of sp³-hybridized carbons (Fsp3) is 0.383. The van der Waals surface area contributed by atoms with Crippen molar-refractivity contribution in [3.63, 3.8) is 0 Å². The highest BCUT2D eigenvalue weighted by Gasteiger charge is 2.51. The van der Waals surface area contributed by atoms with Crippen LogP contribution in [0.15, 0.2) is 126 Å². The van der Waals surface area contributed by atoms with Crippen molar-refractivity contribution in [3.05, 3.63) is 191 Å². The number of aliphatic hydroxyl groups excluding tert-OH is 5. The standard InChI is InChI=1S/C81H88Cl4N14O23/c1-33(2)19-50(89-4)74(109)97-65-68(105)38-9-15-54(47(84)22-38)118-56-24-40-25-57(72(56)122-81-73(71(108)70(107)58(120-81)31-92-99-88)121-60-29-49(67(104)34(3)117-60)91-30-35-5-11-42(12-6-35)116-32-36-7-13-45(82)46(83)20-36)119-55-16-10-39(23-48(55)85)69(106)66-80(115)96-64(76(111)90-18-17-86)44-26-41(100)27-53(102)61(44)43-21-37(8-14-52(43)101)62(77(112)98-66)95-78(113)63(40)94-75(110)51(28-59(87)103)93-79(65)114/h5-16,20-27,33-34,49-51,58,60,62-71,73,81,89,91,100-102,104-108H,17-19,28-32,86H2,1-4H3,(H2,87,103)(H,90,111)(H,93,114)(H,94,110)(H,95,113)(H,96,115)(H,97,109)(H,98,112)/t34?,49?,50-,51+,58?,60?,62?,63-,64+,65-,66+,67?,68-,69-,70?,71?,73?,81?/m1/s1. The smallest absolute Gasteiger partial charge is 0.248 e. The number of ether oxygens (including phenoxy) is 7. The molecule has 122 heavy (non-hydrogen) atoms. The largest absolute Gasteiger partial charge is 0.508 e. The highest BCUT2D eigenvalue weighted by molar-refractivity contribution is 6.42. The molecule has 648 valence electrons. The summed E-state index contributed by atoms with van der Waals surface area (Å²) in [5.41, 5.74) is 20.3. The van der Waals surface area contributed by atoms with E-state index in [1.54, 1.807) is 49.4 Å². The van der Waals surface area contributed by atoms with Gasteiger partial charge in [-0.2, -0.15) is 0 Å². The van der Waals surface area contributed by atoms with E-state index in [1.807, 2.05) is 13.8 Å². The Kier molecular flexibility index (Phi) is 29.1. The number of nitrogens with one attached hydrogen (secondary N) is 9. The SMILES string of the molecule is CN[C@H](CC(C)C)C(=O)N[C@H]1C(=O)N[C@@H](CC(N)=O)C(=O)N[C@H]2C(=O)NC3C(=O)N[C@H](C(=O)N[C@H](C(=O)NCCN)c4cc(O)cc(O)c4-c4cc3ccc4O)[C@H](O)c3ccc(c(Cl)c3)Oc3cc2cc(c3OC2OC(CN=[N+]=[N-])C(O)C(O)C2OC2CC(NCc3ccc(OCc4ccc(Cl)c(Cl)c4)cc3)C(O)C(C)O2)Oc2ccc(cc2Cl)[C@H]1O. The van der Waals surface area contributed by atoms with Gasteiger partial charge in [0.15, 0.2) is 23.9 Å². The number of primary amides is 1. The predicted octanol–water partition coefficient (Wildman–Crippen LogP) is 4.74. The number of benzene rings is 7. The van der Waals surface area contributed by atoms with Gasteiger partial charge in [-0.3, -0.25) is 38.4 Å². The summed E-state index contributed by atoms with van der Waals surface area (Å²) in [7, 11) is 1.48. The Hall–Kier alpha value is -11.1. The van der Waals surface area contributed by atoms with E-state index in [9.17, 15) is 60.8 Å². The minimum atomic E-state index is -2.37. The number of halogens is 4. The van der Waals surface area contributed by atoms with Crippen LogP contribution in [0.5, 0.6) is 51.7 Å². The first-order valence-electron chi connectivity index (χ1n) is 38.4. The van der Waals surface area contributed by atoms with Gasteiger partial charge in [0.2, 0.25) is 59.3 Å². The van der Waals surface area contributed by atoms with Gasteiger partial charge in [0, 0.05) is 54.2 Å². The van der Waals surface area contributed by atoms with Crippen molar-refractivity contribution in [1.29, 1.82) is 0 Å². The van der Waals surface area contributed by atoms with Gasteiger partial charge in [0.25, 0.3) is 0 Å². The molecule has 7 heterocycles. The van der Waals surface area contributed by atoms with Crippen molar-refractivity contribution in [2.24, 2.45) is 22.5 Å². The molecule has 8 amide bonds. The Labute approximate surface area is 715 Å². The molecule has 0 saturated carbocycles. The van der Waals surface area contributed by atoms with E-state index in [1.165, 1.54) is 25.2 Å². The molecule has 2 fully saturated rings. The molecule has 0 radical (unpaired) electrons. The molecular formula is C81H88Cl4N14O23. The van der Waals surface area contributed by atoms with Crippen LogP contribution in [0.2, 0.25) is 20.1 Å². The second-order valence-electron chi connectivity index (χ2n) is 29.9. The number of rotatable bonds is 22. The summed E-state index contributed by atoms with van der Waals surface area (Å²) in [4.78, 5) is 123. The van der Waals surface area contributed by atoms with Crippen LogP contribution < -0.4 is 78.3 Å². The van der Waals surface area contributed by atoms with E-state index >= 15 is 24.0 Å². The lowest BCUT2D eigenvalue weighted by molar-refractivity contribution is -0.327. The number of azide groups is 1. The monoisotopic (exact) mass is 1760 g/mol. The third kappa shape index (κ3) is 20.8. The summed E-state index contributed by atoms with van der Waals surface area (Å²) in [6, 6.07) is 11.4. The molecule has 37 nitrogen and oxygen atoms in total. The molecule has 7 aromatic rings. The Balaban J connectivity index is 1.03. The van der Waals surface area contributed by atoms with E-state index < -0.39 is 232 Å². The van der Waals surface area contributed by atoms with Crippen LogP contribution in [0.4, 0.5) is 0 Å². The van der Waals surface area contributed by atoms with Crippen LogP contribution in [0.1, 0.15) is 109 Å².